The van der Waals surface area contributed by atoms with Gasteiger partial charge in [-0.1, -0.05) is 24.3 Å². The van der Waals surface area contributed by atoms with Crippen LogP contribution in [0.4, 0.5) is 0 Å². The Balaban J connectivity index is 2.02. The van der Waals surface area contributed by atoms with Crippen LogP contribution in [-0.2, 0) is 19.3 Å². The molecule has 1 aliphatic rings. The van der Waals surface area contributed by atoms with E-state index in [0.717, 1.165) is 25.8 Å². The Morgan fingerprint density at radius 2 is 1.95 bits per heavy atom. The van der Waals surface area contributed by atoms with Crippen LogP contribution >= 0.6 is 0 Å². The number of nitrogens with zero attached hydrogens (tertiary/aromatic N) is 1. The molecular weight excluding hydrogens is 232 g/mol. The number of fused-ring (bicyclic) bond motifs is 2. The standard InChI is InChI=1S/C17H20N2/c1-18-11-16-10-15-12-19-9-8-13(15)6-7-14-4-2-3-5-17(14)16/h2-5,8-9,12,16,18H,6-7,10-11H2,1H3. The third-order valence-corrected chi connectivity index (χ3v) is 4.08. The van der Waals surface area contributed by atoms with Crippen molar-refractivity contribution in [2.45, 2.75) is 25.2 Å². The van der Waals surface area contributed by atoms with E-state index in [4.69, 9.17) is 0 Å². The van der Waals surface area contributed by atoms with E-state index < -0.39 is 0 Å². The zero-order chi connectivity index (χ0) is 13.1. The number of aryl methyl sites for hydroxylation is 2. The van der Waals surface area contributed by atoms with Crippen LogP contribution in [0.15, 0.2) is 42.7 Å². The predicted octanol–water partition coefficient (Wildman–Crippen LogP) is 2.73. The molecule has 1 N–H and O–H groups in total. The summed E-state index contributed by atoms with van der Waals surface area (Å²) >= 11 is 0. The van der Waals surface area contributed by atoms with Crippen LogP contribution < -0.4 is 5.32 Å². The van der Waals surface area contributed by atoms with Crippen molar-refractivity contribution in [2.75, 3.05) is 13.6 Å². The van der Waals surface area contributed by atoms with Gasteiger partial charge in [-0.05, 0) is 54.6 Å². The molecule has 1 aromatic carbocycles. The van der Waals surface area contributed by atoms with Crippen molar-refractivity contribution >= 4 is 0 Å². The van der Waals surface area contributed by atoms with Gasteiger partial charge in [-0.2, -0.15) is 0 Å². The molecule has 1 aliphatic carbocycles. The van der Waals surface area contributed by atoms with E-state index in [1.54, 1.807) is 0 Å². The Morgan fingerprint density at radius 1 is 1.11 bits per heavy atom. The Hall–Kier alpha value is -1.67. The van der Waals surface area contributed by atoms with Crippen LogP contribution in [0.3, 0.4) is 0 Å². The highest BCUT2D eigenvalue weighted by molar-refractivity contribution is 5.37. The van der Waals surface area contributed by atoms with Gasteiger partial charge in [0.15, 0.2) is 0 Å². The van der Waals surface area contributed by atoms with E-state index in [9.17, 15) is 0 Å². The third-order valence-electron chi connectivity index (χ3n) is 4.08. The Labute approximate surface area is 114 Å². The second-order valence-corrected chi connectivity index (χ2v) is 5.30. The fraction of sp³-hybridized carbons (Fsp3) is 0.353. The average molecular weight is 252 g/mol. The first-order valence-electron chi connectivity index (χ1n) is 7.02. The number of nitrogens with one attached hydrogen (secondary N) is 1. The quantitative estimate of drug-likeness (QED) is 0.889. The number of benzene rings is 1. The molecule has 3 rings (SSSR count). The van der Waals surface area contributed by atoms with Crippen LogP contribution in [0.5, 0.6) is 0 Å². The van der Waals surface area contributed by atoms with E-state index in [0.29, 0.717) is 5.92 Å². The summed E-state index contributed by atoms with van der Waals surface area (Å²) in [5.74, 6) is 0.546. The lowest BCUT2D eigenvalue weighted by Gasteiger charge is -2.24. The molecule has 0 radical (unpaired) electrons. The highest BCUT2D eigenvalue weighted by Crippen LogP contribution is 2.29. The summed E-state index contributed by atoms with van der Waals surface area (Å²) in [6, 6.07) is 11.1. The van der Waals surface area contributed by atoms with Gasteiger partial charge >= 0.3 is 0 Å². The van der Waals surface area contributed by atoms with Crippen molar-refractivity contribution in [3.05, 3.63) is 65.0 Å². The van der Waals surface area contributed by atoms with Crippen LogP contribution in [0.2, 0.25) is 0 Å². The molecule has 0 fully saturated rings. The van der Waals surface area contributed by atoms with Crippen molar-refractivity contribution in [1.29, 1.82) is 0 Å². The maximum atomic E-state index is 4.30. The first-order valence-corrected chi connectivity index (χ1v) is 7.02. The van der Waals surface area contributed by atoms with E-state index in [2.05, 4.69) is 40.6 Å². The molecule has 2 nitrogen and oxygen atoms in total. The van der Waals surface area contributed by atoms with E-state index >= 15 is 0 Å². The van der Waals surface area contributed by atoms with Crippen molar-refractivity contribution in [3.63, 3.8) is 0 Å². The normalized spacial score (nSPS) is 18.1. The van der Waals surface area contributed by atoms with Gasteiger partial charge in [0, 0.05) is 24.9 Å². The van der Waals surface area contributed by atoms with Crippen LogP contribution in [-0.4, -0.2) is 18.6 Å². The molecule has 2 aromatic rings. The molecule has 19 heavy (non-hydrogen) atoms. The zero-order valence-corrected chi connectivity index (χ0v) is 11.4. The average Bonchev–Trinajstić information content (AvgIpc) is 2.44. The molecule has 1 atom stereocenters. The molecule has 0 spiro atoms. The summed E-state index contributed by atoms with van der Waals surface area (Å²) in [6.45, 7) is 1.02. The summed E-state index contributed by atoms with van der Waals surface area (Å²) in [7, 11) is 2.03. The number of pyridine rings is 1. The Bertz CT molecular complexity index is 563. The van der Waals surface area contributed by atoms with Crippen molar-refractivity contribution in [1.82, 2.24) is 10.3 Å². The monoisotopic (exact) mass is 252 g/mol. The van der Waals surface area contributed by atoms with Gasteiger partial charge in [0.25, 0.3) is 0 Å². The second kappa shape index (κ2) is 5.54. The van der Waals surface area contributed by atoms with Crippen LogP contribution in [0.25, 0.3) is 0 Å². The number of aromatic nitrogens is 1. The van der Waals surface area contributed by atoms with E-state index in [1.165, 1.54) is 22.3 Å². The largest absolute Gasteiger partial charge is 0.319 e. The minimum atomic E-state index is 0.546. The summed E-state index contributed by atoms with van der Waals surface area (Å²) in [6.07, 6.45) is 7.31. The lowest BCUT2D eigenvalue weighted by Crippen LogP contribution is -2.22. The predicted molar refractivity (Wildman–Crippen MR) is 78.5 cm³/mol. The minimum Gasteiger partial charge on any atom is -0.319 e. The molecule has 0 aliphatic heterocycles. The molecule has 2 heteroatoms. The Kier molecular flexibility index (Phi) is 3.60. The smallest absolute Gasteiger partial charge is 0.0302 e. The summed E-state index contributed by atoms with van der Waals surface area (Å²) in [5, 5.41) is 3.34. The summed E-state index contributed by atoms with van der Waals surface area (Å²) in [4.78, 5) is 4.30. The minimum absolute atomic E-state index is 0.546. The molecule has 98 valence electrons. The fourth-order valence-corrected chi connectivity index (χ4v) is 3.12. The topological polar surface area (TPSA) is 24.9 Å². The zero-order valence-electron chi connectivity index (χ0n) is 11.4. The van der Waals surface area contributed by atoms with Gasteiger partial charge in [-0.15, -0.1) is 0 Å². The van der Waals surface area contributed by atoms with E-state index in [-0.39, 0.29) is 0 Å². The first-order chi connectivity index (χ1) is 9.38. The van der Waals surface area contributed by atoms with Crippen molar-refractivity contribution in [2.24, 2.45) is 0 Å². The van der Waals surface area contributed by atoms with Gasteiger partial charge in [0.2, 0.25) is 0 Å². The number of hydrogen-bond acceptors (Lipinski definition) is 2. The highest BCUT2D eigenvalue weighted by atomic mass is 14.8. The van der Waals surface area contributed by atoms with Gasteiger partial charge < -0.3 is 5.32 Å². The lowest BCUT2D eigenvalue weighted by atomic mass is 9.83. The second-order valence-electron chi connectivity index (χ2n) is 5.30. The molecule has 1 aromatic heterocycles. The molecule has 1 heterocycles. The molecule has 0 bridgehead atoms. The molecule has 1 unspecified atom stereocenters. The first kappa shape index (κ1) is 12.4. The fourth-order valence-electron chi connectivity index (χ4n) is 3.12. The molecule has 0 saturated carbocycles. The summed E-state index contributed by atoms with van der Waals surface area (Å²) < 4.78 is 0. The highest BCUT2D eigenvalue weighted by Gasteiger charge is 2.19. The molecular formula is C17H20N2. The molecule has 0 saturated heterocycles. The number of rotatable bonds is 2. The van der Waals surface area contributed by atoms with Crippen LogP contribution in [0.1, 0.15) is 28.2 Å². The van der Waals surface area contributed by atoms with Gasteiger partial charge in [0.05, 0.1) is 0 Å². The SMILES string of the molecule is CNCC1Cc2cnccc2CCc2ccccc21. The third kappa shape index (κ3) is 2.54. The summed E-state index contributed by atoms with van der Waals surface area (Å²) in [5.41, 5.74) is 5.89. The number of likely N-dealkylation sites (N-methyl/N-ethyl adjacent to an activating group) is 1. The van der Waals surface area contributed by atoms with Crippen molar-refractivity contribution in [3.8, 4) is 0 Å². The van der Waals surface area contributed by atoms with Gasteiger partial charge in [-0.3, -0.25) is 4.98 Å². The van der Waals surface area contributed by atoms with Crippen LogP contribution in [0, 0.1) is 0 Å². The lowest BCUT2D eigenvalue weighted by molar-refractivity contribution is 0.608. The molecule has 0 amide bonds. The van der Waals surface area contributed by atoms with E-state index in [1.807, 2.05) is 19.4 Å². The maximum Gasteiger partial charge on any atom is 0.0302 e. The maximum absolute atomic E-state index is 4.30. The number of hydrogen-bond donors (Lipinski definition) is 1. The van der Waals surface area contributed by atoms with Gasteiger partial charge in [-0.25, -0.2) is 0 Å². The van der Waals surface area contributed by atoms with Gasteiger partial charge in [0.1, 0.15) is 0 Å². The van der Waals surface area contributed by atoms with Crippen molar-refractivity contribution < 1.29 is 0 Å². The Morgan fingerprint density at radius 3 is 2.84 bits per heavy atom.